The Labute approximate surface area is 192 Å². The summed E-state index contributed by atoms with van der Waals surface area (Å²) in [6.07, 6.45) is 1.06. The van der Waals surface area contributed by atoms with Crippen molar-refractivity contribution in [2.75, 3.05) is 13.2 Å². The molecule has 1 aromatic carbocycles. The SMILES string of the molecule is CCCCC[C@@]1(OCc2ccccc2)O[C@H]2[C@H](OC(=O)CCC(=O)O)CO[C@]23COC(=O)[C@H]13. The molecule has 0 saturated carbocycles. The predicted octanol–water partition coefficient (Wildman–Crippen LogP) is 2.60. The summed E-state index contributed by atoms with van der Waals surface area (Å²) < 4.78 is 29.8. The van der Waals surface area contributed by atoms with Crippen LogP contribution in [0.15, 0.2) is 30.3 Å². The lowest BCUT2D eigenvalue weighted by Crippen LogP contribution is -2.48. The Hall–Kier alpha value is -2.49. The number of hydrogen-bond acceptors (Lipinski definition) is 8. The fourth-order valence-electron chi connectivity index (χ4n) is 4.98. The maximum absolute atomic E-state index is 12.9. The molecule has 9 heteroatoms. The molecule has 0 aliphatic carbocycles. The van der Waals surface area contributed by atoms with Crippen LogP contribution in [0.1, 0.15) is 51.0 Å². The van der Waals surface area contributed by atoms with E-state index >= 15 is 0 Å². The van der Waals surface area contributed by atoms with Crippen LogP contribution in [0, 0.1) is 5.92 Å². The number of carbonyl (C=O) groups is 3. The zero-order valence-corrected chi connectivity index (χ0v) is 18.7. The molecule has 3 aliphatic rings. The number of carboxylic acid groups (broad SMARTS) is 1. The summed E-state index contributed by atoms with van der Waals surface area (Å²) in [7, 11) is 0. The molecule has 3 fully saturated rings. The molecular formula is C24H30O9. The van der Waals surface area contributed by atoms with E-state index in [4.69, 9.17) is 28.8 Å². The third-order valence-corrected chi connectivity index (χ3v) is 6.55. The van der Waals surface area contributed by atoms with Crippen LogP contribution >= 0.6 is 0 Å². The predicted molar refractivity (Wildman–Crippen MR) is 113 cm³/mol. The molecule has 3 aliphatic heterocycles. The number of rotatable bonds is 11. The van der Waals surface area contributed by atoms with E-state index in [1.807, 2.05) is 30.3 Å². The lowest BCUT2D eigenvalue weighted by atomic mass is 9.81. The summed E-state index contributed by atoms with van der Waals surface area (Å²) >= 11 is 0. The molecule has 9 nitrogen and oxygen atoms in total. The monoisotopic (exact) mass is 462 g/mol. The van der Waals surface area contributed by atoms with Gasteiger partial charge in [0.05, 0.1) is 26.1 Å². The van der Waals surface area contributed by atoms with Crippen LogP contribution in [0.4, 0.5) is 0 Å². The summed E-state index contributed by atoms with van der Waals surface area (Å²) in [4.78, 5) is 35.9. The number of unbranched alkanes of at least 4 members (excludes halogenated alkanes) is 2. The Morgan fingerprint density at radius 2 is 1.97 bits per heavy atom. The third-order valence-electron chi connectivity index (χ3n) is 6.55. The molecule has 0 radical (unpaired) electrons. The molecule has 0 aromatic heterocycles. The van der Waals surface area contributed by atoms with Gasteiger partial charge in [0.1, 0.15) is 18.6 Å². The number of carboxylic acids is 1. The summed E-state index contributed by atoms with van der Waals surface area (Å²) in [6.45, 7) is 2.36. The Bertz CT molecular complexity index is 872. The smallest absolute Gasteiger partial charge is 0.317 e. The first-order chi connectivity index (χ1) is 15.9. The number of ether oxygens (including phenoxy) is 5. The van der Waals surface area contributed by atoms with Crippen LogP contribution in [-0.2, 0) is 44.7 Å². The molecule has 0 bridgehead atoms. The summed E-state index contributed by atoms with van der Waals surface area (Å²) in [5, 5.41) is 8.82. The van der Waals surface area contributed by atoms with Crippen molar-refractivity contribution < 1.29 is 43.2 Å². The lowest BCUT2D eigenvalue weighted by Gasteiger charge is -2.34. The number of hydrogen-bond donors (Lipinski definition) is 1. The molecule has 5 atom stereocenters. The topological polar surface area (TPSA) is 118 Å². The molecule has 0 unspecified atom stereocenters. The van der Waals surface area contributed by atoms with E-state index in [0.717, 1.165) is 24.8 Å². The van der Waals surface area contributed by atoms with E-state index < -0.39 is 47.4 Å². The van der Waals surface area contributed by atoms with Crippen molar-refractivity contribution in [3.63, 3.8) is 0 Å². The molecular weight excluding hydrogens is 432 g/mol. The highest BCUT2D eigenvalue weighted by Crippen LogP contribution is 2.56. The first kappa shape index (κ1) is 23.7. The summed E-state index contributed by atoms with van der Waals surface area (Å²) in [6, 6.07) is 9.60. The number of carbonyl (C=O) groups excluding carboxylic acids is 2. The summed E-state index contributed by atoms with van der Waals surface area (Å²) in [5.74, 6) is -4.25. The normalized spacial score (nSPS) is 32.3. The van der Waals surface area contributed by atoms with Crippen molar-refractivity contribution in [2.45, 2.75) is 75.7 Å². The second kappa shape index (κ2) is 9.79. The van der Waals surface area contributed by atoms with E-state index in [1.54, 1.807) is 0 Å². The molecule has 180 valence electrons. The average Bonchev–Trinajstić information content (AvgIpc) is 3.40. The largest absolute Gasteiger partial charge is 0.481 e. The first-order valence-corrected chi connectivity index (χ1v) is 11.5. The Morgan fingerprint density at radius 3 is 2.70 bits per heavy atom. The molecule has 1 aromatic rings. The van der Waals surface area contributed by atoms with E-state index in [1.165, 1.54) is 0 Å². The number of aliphatic carboxylic acids is 1. The van der Waals surface area contributed by atoms with Gasteiger partial charge in [0.15, 0.2) is 17.5 Å². The third kappa shape index (κ3) is 4.62. The van der Waals surface area contributed by atoms with Crippen molar-refractivity contribution in [3.05, 3.63) is 35.9 Å². The van der Waals surface area contributed by atoms with E-state index in [0.29, 0.717) is 6.42 Å². The van der Waals surface area contributed by atoms with Crippen molar-refractivity contribution >= 4 is 17.9 Å². The minimum atomic E-state index is -1.27. The lowest BCUT2D eigenvalue weighted by molar-refractivity contribution is -0.266. The van der Waals surface area contributed by atoms with Crippen molar-refractivity contribution in [1.82, 2.24) is 0 Å². The number of esters is 2. The average molecular weight is 462 g/mol. The van der Waals surface area contributed by atoms with Crippen molar-refractivity contribution in [2.24, 2.45) is 5.92 Å². The van der Waals surface area contributed by atoms with Gasteiger partial charge in [0.25, 0.3) is 0 Å². The second-order valence-corrected chi connectivity index (χ2v) is 8.81. The van der Waals surface area contributed by atoms with Crippen LogP contribution in [0.2, 0.25) is 0 Å². The standard InChI is InChI=1S/C24H30O9/c1-2-3-7-12-24(31-13-16-8-5-4-6-9-16)20-22(28)29-15-23(20)21(33-24)17(14-30-23)32-19(27)11-10-18(25)26/h4-6,8-9,17,20-21H,2-3,7,10-15H2,1H3,(H,25,26)/t17-,20+,21+,23+,24-/m1/s1. The van der Waals surface area contributed by atoms with Gasteiger partial charge in [-0.2, -0.15) is 0 Å². The minimum absolute atomic E-state index is 0.00539. The van der Waals surface area contributed by atoms with E-state index in [2.05, 4.69) is 6.92 Å². The molecule has 4 rings (SSSR count). The van der Waals surface area contributed by atoms with Crippen LogP contribution in [0.5, 0.6) is 0 Å². The molecule has 0 amide bonds. The van der Waals surface area contributed by atoms with Crippen LogP contribution in [0.3, 0.4) is 0 Å². The fraction of sp³-hybridized carbons (Fsp3) is 0.625. The molecule has 1 N–H and O–H groups in total. The van der Waals surface area contributed by atoms with Gasteiger partial charge < -0.3 is 28.8 Å². The second-order valence-electron chi connectivity index (χ2n) is 8.81. The van der Waals surface area contributed by atoms with Gasteiger partial charge in [-0.15, -0.1) is 0 Å². The molecule has 33 heavy (non-hydrogen) atoms. The zero-order chi connectivity index (χ0) is 23.5. The highest BCUT2D eigenvalue weighted by molar-refractivity contribution is 5.79. The Morgan fingerprint density at radius 1 is 1.18 bits per heavy atom. The highest BCUT2D eigenvalue weighted by Gasteiger charge is 2.76. The van der Waals surface area contributed by atoms with Gasteiger partial charge in [-0.1, -0.05) is 50.1 Å². The van der Waals surface area contributed by atoms with E-state index in [9.17, 15) is 14.4 Å². The maximum atomic E-state index is 12.9. The van der Waals surface area contributed by atoms with Gasteiger partial charge in [0.2, 0.25) is 0 Å². The molecule has 3 heterocycles. The van der Waals surface area contributed by atoms with Gasteiger partial charge in [-0.3, -0.25) is 14.4 Å². The molecule has 1 spiro atoms. The van der Waals surface area contributed by atoms with Gasteiger partial charge in [-0.25, -0.2) is 0 Å². The Kier molecular flexibility index (Phi) is 7.02. The van der Waals surface area contributed by atoms with E-state index in [-0.39, 0.29) is 32.7 Å². The number of benzene rings is 1. The van der Waals surface area contributed by atoms with Crippen LogP contribution in [-0.4, -0.2) is 59.8 Å². The quantitative estimate of drug-likeness (QED) is 0.391. The molecule has 3 saturated heterocycles. The van der Waals surface area contributed by atoms with Gasteiger partial charge >= 0.3 is 17.9 Å². The number of cyclic esters (lactones) is 1. The van der Waals surface area contributed by atoms with Crippen molar-refractivity contribution in [1.29, 1.82) is 0 Å². The van der Waals surface area contributed by atoms with Gasteiger partial charge in [0, 0.05) is 6.42 Å². The maximum Gasteiger partial charge on any atom is 0.317 e. The van der Waals surface area contributed by atoms with Crippen LogP contribution < -0.4 is 0 Å². The summed E-state index contributed by atoms with van der Waals surface area (Å²) in [5.41, 5.74) is -0.163. The highest BCUT2D eigenvalue weighted by atomic mass is 16.8. The van der Waals surface area contributed by atoms with Crippen molar-refractivity contribution in [3.8, 4) is 0 Å². The van der Waals surface area contributed by atoms with Crippen LogP contribution in [0.25, 0.3) is 0 Å². The van der Waals surface area contributed by atoms with Gasteiger partial charge in [-0.05, 0) is 12.0 Å². The fourth-order valence-corrected chi connectivity index (χ4v) is 4.98. The first-order valence-electron chi connectivity index (χ1n) is 11.5. The zero-order valence-electron chi connectivity index (χ0n) is 18.7. The minimum Gasteiger partial charge on any atom is -0.481 e. The Balaban J connectivity index is 1.57.